The van der Waals surface area contributed by atoms with Crippen LogP contribution >= 0.6 is 0 Å². The number of anilines is 2. The Morgan fingerprint density at radius 1 is 1.11 bits per heavy atom. The summed E-state index contributed by atoms with van der Waals surface area (Å²) in [4.78, 5) is 11.4. The molecule has 0 heterocycles. The molecule has 0 unspecified atom stereocenters. The topological polar surface area (TPSA) is 61.4 Å². The van der Waals surface area contributed by atoms with Crippen molar-refractivity contribution < 1.29 is 10.0 Å². The number of hydroxylamine groups is 1. The van der Waals surface area contributed by atoms with Gasteiger partial charge in [0, 0.05) is 0 Å². The molecule has 0 saturated heterocycles. The number of rotatable bonds is 3. The SMILES string of the molecule is Cc1ccc(Nc2ccc(C(=O)NO)[c]([Pb])c2)cc1. The predicted octanol–water partition coefficient (Wildman–Crippen LogP) is 1.65. The first kappa shape index (κ1) is 14.0. The third-order valence-electron chi connectivity index (χ3n) is 2.71. The number of carbonyl (C=O) groups is 1. The van der Waals surface area contributed by atoms with Crippen molar-refractivity contribution in [1.29, 1.82) is 0 Å². The Kier molecular flexibility index (Phi) is 4.54. The second-order valence-corrected chi connectivity index (χ2v) is 6.29. The molecular weight excluding hydrogens is 435 g/mol. The molecule has 3 radical (unpaired) electrons. The monoisotopic (exact) mass is 449 g/mol. The number of aryl methyl sites for hydroxylation is 1. The van der Waals surface area contributed by atoms with E-state index in [1.807, 2.05) is 43.3 Å². The zero-order chi connectivity index (χ0) is 13.8. The van der Waals surface area contributed by atoms with Gasteiger partial charge >= 0.3 is 127 Å². The summed E-state index contributed by atoms with van der Waals surface area (Å²) in [6, 6.07) is 13.6. The van der Waals surface area contributed by atoms with Crippen LogP contribution in [0.5, 0.6) is 0 Å². The van der Waals surface area contributed by atoms with E-state index >= 15 is 0 Å². The summed E-state index contributed by atoms with van der Waals surface area (Å²) in [5.74, 6) is -0.466. The van der Waals surface area contributed by atoms with Crippen LogP contribution in [0.2, 0.25) is 0 Å². The van der Waals surface area contributed by atoms with Gasteiger partial charge in [-0.05, 0) is 0 Å². The molecule has 0 fully saturated rings. The average Bonchev–Trinajstić information content (AvgIpc) is 2.41. The van der Waals surface area contributed by atoms with Gasteiger partial charge in [-0.3, -0.25) is 0 Å². The normalized spacial score (nSPS) is 10.1. The first-order chi connectivity index (χ1) is 9.10. The van der Waals surface area contributed by atoms with Gasteiger partial charge in [-0.2, -0.15) is 0 Å². The summed E-state index contributed by atoms with van der Waals surface area (Å²) in [5.41, 5.74) is 5.33. The molecule has 5 heteroatoms. The molecule has 0 aliphatic heterocycles. The quantitative estimate of drug-likeness (QED) is 0.380. The van der Waals surface area contributed by atoms with Crippen molar-refractivity contribution in [2.75, 3.05) is 5.32 Å². The molecule has 4 nitrogen and oxygen atoms in total. The van der Waals surface area contributed by atoms with E-state index in [-0.39, 0.29) is 0 Å². The number of nitrogens with one attached hydrogen (secondary N) is 2. The van der Waals surface area contributed by atoms with Crippen LogP contribution in [0.25, 0.3) is 0 Å². The molecule has 0 aromatic heterocycles. The zero-order valence-electron chi connectivity index (χ0n) is 10.4. The molecule has 0 spiro atoms. The van der Waals surface area contributed by atoms with Crippen molar-refractivity contribution in [3.05, 3.63) is 53.6 Å². The molecule has 3 N–H and O–H groups in total. The molecule has 2 rings (SSSR count). The fraction of sp³-hybridized carbons (Fsp3) is 0.0714. The van der Waals surface area contributed by atoms with Crippen molar-refractivity contribution >= 4 is 46.2 Å². The molecular formula is C14H13N2O2Pb. The van der Waals surface area contributed by atoms with E-state index in [0.717, 1.165) is 40.3 Å². The van der Waals surface area contributed by atoms with Gasteiger partial charge in [0.05, 0.1) is 0 Å². The molecule has 0 atom stereocenters. The number of amides is 1. The van der Waals surface area contributed by atoms with E-state index in [1.54, 1.807) is 11.5 Å². The van der Waals surface area contributed by atoms with Gasteiger partial charge in [0.1, 0.15) is 0 Å². The maximum atomic E-state index is 11.4. The first-order valence-electron chi connectivity index (χ1n) is 5.74. The van der Waals surface area contributed by atoms with Crippen LogP contribution in [0.1, 0.15) is 15.9 Å². The van der Waals surface area contributed by atoms with Gasteiger partial charge < -0.3 is 0 Å². The second kappa shape index (κ2) is 6.16. The number of hydrogen-bond acceptors (Lipinski definition) is 3. The van der Waals surface area contributed by atoms with Gasteiger partial charge in [-0.15, -0.1) is 0 Å². The van der Waals surface area contributed by atoms with Crippen molar-refractivity contribution in [3.63, 3.8) is 0 Å². The summed E-state index contributed by atoms with van der Waals surface area (Å²) in [6.45, 7) is 2.04. The Morgan fingerprint density at radius 3 is 2.32 bits per heavy atom. The third-order valence-corrected chi connectivity index (χ3v) is 4.31. The average molecular weight is 448 g/mol. The first-order valence-corrected chi connectivity index (χ1v) is 7.68. The number of benzene rings is 2. The van der Waals surface area contributed by atoms with Crippen LogP contribution in [0.15, 0.2) is 42.5 Å². The summed E-state index contributed by atoms with van der Waals surface area (Å²) in [7, 11) is 0. The molecule has 2 aromatic carbocycles. The fourth-order valence-corrected chi connectivity index (χ4v) is 3.05. The van der Waals surface area contributed by atoms with Gasteiger partial charge in [-0.25, -0.2) is 0 Å². The van der Waals surface area contributed by atoms with Crippen LogP contribution in [0.3, 0.4) is 0 Å². The standard InChI is InChI=1S/C14H13N2O2.Pb/c1-10-2-6-12(7-3-10)15-13-8-4-11(5-9-13)14(17)16-18;/h2-4,6-9,15,18H,1H3,(H,16,17);. The Balaban J connectivity index is 2.20. The molecule has 1 amide bonds. The van der Waals surface area contributed by atoms with Crippen molar-refractivity contribution in [1.82, 2.24) is 5.48 Å². The molecule has 0 aliphatic rings. The summed E-state index contributed by atoms with van der Waals surface area (Å²) >= 11 is 0.730. The molecule has 19 heavy (non-hydrogen) atoms. The minimum atomic E-state index is -0.466. The van der Waals surface area contributed by atoms with Gasteiger partial charge in [0.25, 0.3) is 0 Å². The van der Waals surface area contributed by atoms with Gasteiger partial charge in [-0.1, -0.05) is 0 Å². The van der Waals surface area contributed by atoms with E-state index in [1.165, 1.54) is 5.56 Å². The van der Waals surface area contributed by atoms with E-state index in [9.17, 15) is 4.79 Å². The van der Waals surface area contributed by atoms with Gasteiger partial charge in [0.2, 0.25) is 0 Å². The second-order valence-electron chi connectivity index (χ2n) is 4.19. The van der Waals surface area contributed by atoms with E-state index < -0.39 is 5.91 Å². The van der Waals surface area contributed by atoms with Gasteiger partial charge in [0.15, 0.2) is 0 Å². The Hall–Kier alpha value is -1.41. The van der Waals surface area contributed by atoms with Crippen molar-refractivity contribution in [3.8, 4) is 0 Å². The number of carbonyl (C=O) groups excluding carboxylic acids is 1. The van der Waals surface area contributed by atoms with Crippen LogP contribution in [-0.2, 0) is 0 Å². The Morgan fingerprint density at radius 2 is 1.74 bits per heavy atom. The molecule has 0 saturated carbocycles. The summed E-state index contributed by atoms with van der Waals surface area (Å²) in [5, 5.41) is 11.9. The summed E-state index contributed by atoms with van der Waals surface area (Å²) in [6.07, 6.45) is 0. The third kappa shape index (κ3) is 3.54. The van der Waals surface area contributed by atoms with Crippen LogP contribution < -0.4 is 13.9 Å². The maximum absolute atomic E-state index is 11.4. The van der Waals surface area contributed by atoms with E-state index in [4.69, 9.17) is 5.21 Å². The minimum absolute atomic E-state index is 0.466. The van der Waals surface area contributed by atoms with E-state index in [0.29, 0.717) is 5.56 Å². The van der Waals surface area contributed by atoms with Crippen LogP contribution in [-0.4, -0.2) is 36.9 Å². The number of hydrogen-bond donors (Lipinski definition) is 3. The zero-order valence-corrected chi connectivity index (χ0v) is 14.3. The van der Waals surface area contributed by atoms with Crippen LogP contribution in [0.4, 0.5) is 11.4 Å². The molecule has 0 bridgehead atoms. The molecule has 95 valence electrons. The fourth-order valence-electron chi connectivity index (χ4n) is 1.68. The summed E-state index contributed by atoms with van der Waals surface area (Å²) < 4.78 is 0.934. The van der Waals surface area contributed by atoms with Crippen molar-refractivity contribution in [2.24, 2.45) is 0 Å². The predicted molar refractivity (Wildman–Crippen MR) is 75.5 cm³/mol. The Bertz CT molecular complexity index is 597. The van der Waals surface area contributed by atoms with Crippen molar-refractivity contribution in [2.45, 2.75) is 6.92 Å². The molecule has 2 aromatic rings. The van der Waals surface area contributed by atoms with Crippen LogP contribution in [0, 0.1) is 6.92 Å². The van der Waals surface area contributed by atoms with E-state index in [2.05, 4.69) is 5.32 Å². The molecule has 0 aliphatic carbocycles. The Labute approximate surface area is 127 Å².